The maximum absolute atomic E-state index is 5.85. The SMILES string of the molecule is PCc1c(Cl)cc(Cl)cc1Cl. The fourth-order valence-electron chi connectivity index (χ4n) is 0.767. The van der Waals surface area contributed by atoms with Gasteiger partial charge in [-0.1, -0.05) is 34.8 Å². The first-order valence-electron chi connectivity index (χ1n) is 2.98. The summed E-state index contributed by atoms with van der Waals surface area (Å²) in [5.41, 5.74) is 0.919. The van der Waals surface area contributed by atoms with Crippen molar-refractivity contribution in [1.82, 2.24) is 0 Å². The smallest absolute Gasteiger partial charge is 0.0471 e. The molecule has 0 saturated carbocycles. The van der Waals surface area contributed by atoms with Crippen molar-refractivity contribution in [2.24, 2.45) is 0 Å². The summed E-state index contributed by atoms with van der Waals surface area (Å²) in [6.45, 7) is 0. The van der Waals surface area contributed by atoms with E-state index in [1.54, 1.807) is 12.1 Å². The van der Waals surface area contributed by atoms with Gasteiger partial charge in [0.25, 0.3) is 0 Å². The third-order valence-corrected chi connectivity index (χ3v) is 2.61. The van der Waals surface area contributed by atoms with Crippen LogP contribution in [0, 0.1) is 0 Å². The quantitative estimate of drug-likeness (QED) is 0.636. The molecule has 0 amide bonds. The van der Waals surface area contributed by atoms with Crippen molar-refractivity contribution in [3.8, 4) is 0 Å². The molecule has 60 valence electrons. The Morgan fingerprint density at radius 2 is 1.55 bits per heavy atom. The van der Waals surface area contributed by atoms with Crippen LogP contribution in [0.15, 0.2) is 12.1 Å². The topological polar surface area (TPSA) is 0 Å². The summed E-state index contributed by atoms with van der Waals surface area (Å²) in [5, 5.41) is 1.82. The average molecular weight is 227 g/mol. The lowest BCUT2D eigenvalue weighted by Gasteiger charge is -2.03. The third-order valence-electron chi connectivity index (χ3n) is 1.31. The predicted molar refractivity (Wildman–Crippen MR) is 54.9 cm³/mol. The fraction of sp³-hybridized carbons (Fsp3) is 0.143. The van der Waals surface area contributed by atoms with Gasteiger partial charge in [0.1, 0.15) is 0 Å². The summed E-state index contributed by atoms with van der Waals surface area (Å²) in [6, 6.07) is 3.38. The van der Waals surface area contributed by atoms with E-state index in [1.165, 1.54) is 0 Å². The average Bonchev–Trinajstić information content (AvgIpc) is 1.85. The van der Waals surface area contributed by atoms with E-state index in [0.717, 1.165) is 11.7 Å². The molecule has 0 nitrogen and oxygen atoms in total. The summed E-state index contributed by atoms with van der Waals surface area (Å²) >= 11 is 17.4. The van der Waals surface area contributed by atoms with Gasteiger partial charge in [-0.25, -0.2) is 0 Å². The Labute approximate surface area is 83.0 Å². The number of hydrogen-bond acceptors (Lipinski definition) is 0. The van der Waals surface area contributed by atoms with Crippen molar-refractivity contribution in [3.63, 3.8) is 0 Å². The van der Waals surface area contributed by atoms with E-state index in [9.17, 15) is 0 Å². The highest BCUT2D eigenvalue weighted by atomic mass is 35.5. The van der Waals surface area contributed by atoms with E-state index in [4.69, 9.17) is 34.8 Å². The first-order chi connectivity index (χ1) is 5.15. The minimum Gasteiger partial charge on any atom is -0.133 e. The minimum absolute atomic E-state index is 0.571. The summed E-state index contributed by atoms with van der Waals surface area (Å²) < 4.78 is 0. The van der Waals surface area contributed by atoms with Crippen molar-refractivity contribution in [3.05, 3.63) is 32.8 Å². The zero-order valence-corrected chi connectivity index (χ0v) is 9.00. The Hall–Kier alpha value is 0.520. The van der Waals surface area contributed by atoms with Gasteiger partial charge < -0.3 is 0 Å². The molecule has 0 aromatic heterocycles. The van der Waals surface area contributed by atoms with Crippen LogP contribution in [0.2, 0.25) is 15.1 Å². The molecule has 0 spiro atoms. The summed E-state index contributed by atoms with van der Waals surface area (Å²) in [6.07, 6.45) is 0.745. The summed E-state index contributed by atoms with van der Waals surface area (Å²) in [5.74, 6) is 0. The first-order valence-corrected chi connectivity index (χ1v) is 4.93. The highest BCUT2D eigenvalue weighted by Gasteiger charge is 2.04. The molecule has 0 N–H and O–H groups in total. The van der Waals surface area contributed by atoms with Gasteiger partial charge in [-0.3, -0.25) is 0 Å². The van der Waals surface area contributed by atoms with Crippen LogP contribution in [0.5, 0.6) is 0 Å². The van der Waals surface area contributed by atoms with E-state index < -0.39 is 0 Å². The molecule has 1 aromatic rings. The van der Waals surface area contributed by atoms with Crippen LogP contribution in [0.3, 0.4) is 0 Å². The molecule has 0 heterocycles. The second kappa shape index (κ2) is 3.96. The predicted octanol–water partition coefficient (Wildman–Crippen LogP) is 4.02. The van der Waals surface area contributed by atoms with Gasteiger partial charge in [0.2, 0.25) is 0 Å². The maximum atomic E-state index is 5.85. The zero-order chi connectivity index (χ0) is 8.43. The van der Waals surface area contributed by atoms with Crippen molar-refractivity contribution in [1.29, 1.82) is 0 Å². The second-order valence-corrected chi connectivity index (χ2v) is 3.71. The lowest BCUT2D eigenvalue weighted by atomic mass is 10.2. The molecule has 4 heteroatoms. The molecule has 0 bridgehead atoms. The lowest BCUT2D eigenvalue weighted by Crippen LogP contribution is -1.81. The van der Waals surface area contributed by atoms with Crippen molar-refractivity contribution < 1.29 is 0 Å². The van der Waals surface area contributed by atoms with Gasteiger partial charge in [-0.2, -0.15) is 0 Å². The molecule has 0 aliphatic rings. The zero-order valence-electron chi connectivity index (χ0n) is 5.57. The van der Waals surface area contributed by atoms with Crippen LogP contribution in [-0.4, -0.2) is 0 Å². The molecular weight excluding hydrogens is 221 g/mol. The fourth-order valence-corrected chi connectivity index (χ4v) is 2.44. The molecule has 0 aliphatic heterocycles. The van der Waals surface area contributed by atoms with Crippen LogP contribution >= 0.6 is 44.0 Å². The second-order valence-electron chi connectivity index (χ2n) is 2.05. The number of benzene rings is 1. The first kappa shape index (κ1) is 9.61. The van der Waals surface area contributed by atoms with Gasteiger partial charge in [0.05, 0.1) is 0 Å². The van der Waals surface area contributed by atoms with Gasteiger partial charge in [-0.15, -0.1) is 9.24 Å². The van der Waals surface area contributed by atoms with Crippen molar-refractivity contribution in [2.75, 3.05) is 0 Å². The minimum atomic E-state index is 0.571. The molecule has 1 atom stereocenters. The molecule has 1 unspecified atom stereocenters. The Balaban J connectivity index is 3.25. The van der Waals surface area contributed by atoms with E-state index >= 15 is 0 Å². The van der Waals surface area contributed by atoms with E-state index in [2.05, 4.69) is 9.24 Å². The van der Waals surface area contributed by atoms with E-state index in [-0.39, 0.29) is 0 Å². The largest absolute Gasteiger partial charge is 0.133 e. The summed E-state index contributed by atoms with van der Waals surface area (Å²) in [7, 11) is 2.57. The third kappa shape index (κ3) is 2.23. The molecule has 11 heavy (non-hydrogen) atoms. The van der Waals surface area contributed by atoms with Crippen molar-refractivity contribution in [2.45, 2.75) is 6.16 Å². The molecule has 1 rings (SSSR count). The van der Waals surface area contributed by atoms with Crippen LogP contribution < -0.4 is 0 Å². The molecule has 0 fully saturated rings. The monoisotopic (exact) mass is 226 g/mol. The number of rotatable bonds is 1. The van der Waals surface area contributed by atoms with Crippen LogP contribution in [-0.2, 0) is 6.16 Å². The summed E-state index contributed by atoms with van der Waals surface area (Å²) in [4.78, 5) is 0. The molecule has 1 aromatic carbocycles. The number of halogens is 3. The normalized spacial score (nSPS) is 10.2. The Kier molecular flexibility index (Phi) is 3.46. The van der Waals surface area contributed by atoms with Gasteiger partial charge >= 0.3 is 0 Å². The van der Waals surface area contributed by atoms with Crippen LogP contribution in [0.1, 0.15) is 5.56 Å². The maximum Gasteiger partial charge on any atom is 0.0471 e. The van der Waals surface area contributed by atoms with Gasteiger partial charge in [0.15, 0.2) is 0 Å². The Bertz CT molecular complexity index is 249. The van der Waals surface area contributed by atoms with Crippen LogP contribution in [0.4, 0.5) is 0 Å². The Morgan fingerprint density at radius 1 is 1.09 bits per heavy atom. The van der Waals surface area contributed by atoms with Gasteiger partial charge in [-0.05, 0) is 23.9 Å². The highest BCUT2D eigenvalue weighted by Crippen LogP contribution is 2.30. The van der Waals surface area contributed by atoms with E-state index in [0.29, 0.717) is 15.1 Å². The molecular formula is C7H6Cl3P. The highest BCUT2D eigenvalue weighted by molar-refractivity contribution is 7.15. The lowest BCUT2D eigenvalue weighted by molar-refractivity contribution is 1.42. The molecule has 0 saturated heterocycles. The van der Waals surface area contributed by atoms with Gasteiger partial charge in [0, 0.05) is 15.1 Å². The van der Waals surface area contributed by atoms with Crippen LogP contribution in [0.25, 0.3) is 0 Å². The molecule has 0 aliphatic carbocycles. The van der Waals surface area contributed by atoms with Crippen molar-refractivity contribution >= 4 is 44.0 Å². The number of hydrogen-bond donors (Lipinski definition) is 0. The molecule has 0 radical (unpaired) electrons. The van der Waals surface area contributed by atoms with E-state index in [1.807, 2.05) is 0 Å². The standard InChI is InChI=1S/C7H6Cl3P/c8-4-1-6(9)5(3-11)7(10)2-4/h1-2H,3,11H2. The Morgan fingerprint density at radius 3 is 1.91 bits per heavy atom.